The monoisotopic (exact) mass is 402 g/mol. The number of aryl methyl sites for hydroxylation is 1. The molecule has 0 aliphatic carbocycles. The normalized spacial score (nSPS) is 10.2. The summed E-state index contributed by atoms with van der Waals surface area (Å²) in [5.74, 6) is 0. The Labute approximate surface area is 115 Å². The molecule has 88 valence electrons. The average molecular weight is 402 g/mol. The summed E-state index contributed by atoms with van der Waals surface area (Å²) in [7, 11) is 1.97. The van der Waals surface area contributed by atoms with E-state index in [1.54, 1.807) is 0 Å². The Balaban J connectivity index is 0.00000108. The third-order valence-electron chi connectivity index (χ3n) is 2.72. The van der Waals surface area contributed by atoms with Crippen LogP contribution in [0.3, 0.4) is 0 Å². The van der Waals surface area contributed by atoms with Crippen LogP contribution in [0, 0.1) is 6.07 Å². The van der Waals surface area contributed by atoms with Gasteiger partial charge >= 0.3 is 0 Å². The molecule has 0 saturated carbocycles. The summed E-state index contributed by atoms with van der Waals surface area (Å²) in [6.45, 7) is 0. The maximum atomic E-state index is 4.55. The van der Waals surface area contributed by atoms with Gasteiger partial charge in [0.2, 0.25) is 0 Å². The number of hydrogen-bond acceptors (Lipinski definition) is 1. The van der Waals surface area contributed by atoms with Gasteiger partial charge in [0.05, 0.1) is 5.52 Å². The summed E-state index contributed by atoms with van der Waals surface area (Å²) >= 11 is 0. The fourth-order valence-corrected chi connectivity index (χ4v) is 1.95. The Hall–Kier alpha value is -1.40. The van der Waals surface area contributed by atoms with Crippen LogP contribution < -0.4 is 0 Å². The topological polar surface area (TPSA) is 17.8 Å². The summed E-state index contributed by atoms with van der Waals surface area (Å²) in [6.07, 6.45) is 0. The van der Waals surface area contributed by atoms with Crippen molar-refractivity contribution < 1.29 is 21.1 Å². The van der Waals surface area contributed by atoms with Crippen molar-refractivity contribution in [3.05, 3.63) is 54.6 Å². The average Bonchev–Trinajstić information content (AvgIpc) is 2.69. The minimum Gasteiger partial charge on any atom is -0.277 e. The molecule has 0 N–H and O–H groups in total. The van der Waals surface area contributed by atoms with Crippen molar-refractivity contribution in [1.29, 1.82) is 0 Å². The molecule has 0 atom stereocenters. The molecule has 0 radical (unpaired) electrons. The maximum absolute atomic E-state index is 4.55. The van der Waals surface area contributed by atoms with Crippen LogP contribution in [0.15, 0.2) is 48.5 Å². The predicted octanol–water partition coefficient (Wildman–Crippen LogP) is 3.04. The number of nitrogens with zero attached hydrogens (tertiary/aromatic N) is 2. The van der Waals surface area contributed by atoms with Gasteiger partial charge in [-0.1, -0.05) is 18.2 Å². The van der Waals surface area contributed by atoms with Crippen LogP contribution in [0.1, 0.15) is 0 Å². The van der Waals surface area contributed by atoms with Crippen molar-refractivity contribution in [2.75, 3.05) is 0 Å². The zero-order valence-corrected chi connectivity index (χ0v) is 11.6. The first-order chi connectivity index (χ1) is 7.86. The number of para-hydroxylation sites is 1. The first-order valence-corrected chi connectivity index (χ1v) is 5.25. The fourth-order valence-electron chi connectivity index (χ4n) is 1.95. The molecule has 3 heteroatoms. The molecule has 0 aliphatic rings. The summed E-state index contributed by atoms with van der Waals surface area (Å²) in [5, 5.41) is 5.72. The molecule has 0 fully saturated rings. The first-order valence-electron chi connectivity index (χ1n) is 5.25. The molecule has 0 aliphatic heterocycles. The third-order valence-corrected chi connectivity index (χ3v) is 2.72. The molecule has 0 unspecified atom stereocenters. The number of fused-ring (bicyclic) bond motifs is 1. The van der Waals surface area contributed by atoms with E-state index in [4.69, 9.17) is 0 Å². The SMILES string of the molecule is Cn1nc(-c2[c-]cccc2)c2ccccc21.[Pt]. The van der Waals surface area contributed by atoms with Crippen molar-refractivity contribution in [2.24, 2.45) is 7.05 Å². The van der Waals surface area contributed by atoms with E-state index < -0.39 is 0 Å². The smallest absolute Gasteiger partial charge is 0.0583 e. The van der Waals surface area contributed by atoms with Gasteiger partial charge in [-0.3, -0.25) is 4.68 Å². The zero-order chi connectivity index (χ0) is 11.0. The van der Waals surface area contributed by atoms with E-state index >= 15 is 0 Å². The minimum atomic E-state index is 0. The van der Waals surface area contributed by atoms with E-state index in [0.29, 0.717) is 0 Å². The molecule has 3 aromatic rings. The molecule has 2 nitrogen and oxygen atoms in total. The predicted molar refractivity (Wildman–Crippen MR) is 65.0 cm³/mol. The van der Waals surface area contributed by atoms with E-state index in [9.17, 15) is 0 Å². The van der Waals surface area contributed by atoms with Crippen LogP contribution >= 0.6 is 0 Å². The van der Waals surface area contributed by atoms with Crippen molar-refractivity contribution in [1.82, 2.24) is 9.78 Å². The van der Waals surface area contributed by atoms with Crippen LogP contribution in [0.25, 0.3) is 22.2 Å². The second-order valence-corrected chi connectivity index (χ2v) is 3.77. The van der Waals surface area contributed by atoms with Gasteiger partial charge in [-0.25, -0.2) is 5.10 Å². The van der Waals surface area contributed by atoms with Crippen LogP contribution in [-0.4, -0.2) is 9.78 Å². The van der Waals surface area contributed by atoms with Gasteiger partial charge in [0, 0.05) is 33.8 Å². The Bertz CT molecular complexity index is 629. The summed E-state index contributed by atoms with van der Waals surface area (Å²) in [6, 6.07) is 19.4. The Morgan fingerprint density at radius 2 is 1.82 bits per heavy atom. The van der Waals surface area contributed by atoms with E-state index in [1.165, 1.54) is 5.39 Å². The van der Waals surface area contributed by atoms with Gasteiger partial charge in [0.25, 0.3) is 0 Å². The molecule has 1 heterocycles. The molecule has 1 aromatic heterocycles. The van der Waals surface area contributed by atoms with Crippen LogP contribution in [0.4, 0.5) is 0 Å². The molecule has 17 heavy (non-hydrogen) atoms. The second-order valence-electron chi connectivity index (χ2n) is 3.77. The van der Waals surface area contributed by atoms with Gasteiger partial charge < -0.3 is 0 Å². The van der Waals surface area contributed by atoms with E-state index in [1.807, 2.05) is 48.1 Å². The van der Waals surface area contributed by atoms with Crippen LogP contribution in [0.5, 0.6) is 0 Å². The standard InChI is InChI=1S/C14H11N2.Pt/c1-16-13-10-6-5-9-12(13)14(15-16)11-7-3-2-4-8-11;/h2-7,9-10H,1H3;/q-1;. The van der Waals surface area contributed by atoms with E-state index in [-0.39, 0.29) is 21.1 Å². The van der Waals surface area contributed by atoms with Crippen molar-refractivity contribution >= 4 is 10.9 Å². The van der Waals surface area contributed by atoms with Crippen molar-refractivity contribution in [2.45, 2.75) is 0 Å². The van der Waals surface area contributed by atoms with Gasteiger partial charge in [0.15, 0.2) is 0 Å². The molecule has 0 amide bonds. The van der Waals surface area contributed by atoms with Gasteiger partial charge in [0.1, 0.15) is 0 Å². The molecular weight excluding hydrogens is 391 g/mol. The molecule has 2 aromatic carbocycles. The Morgan fingerprint density at radius 3 is 2.59 bits per heavy atom. The summed E-state index contributed by atoms with van der Waals surface area (Å²) < 4.78 is 1.91. The van der Waals surface area contributed by atoms with Gasteiger partial charge in [-0.15, -0.1) is 35.9 Å². The molecular formula is C14H11N2Pt-. The number of rotatable bonds is 1. The van der Waals surface area contributed by atoms with Crippen LogP contribution in [-0.2, 0) is 28.1 Å². The van der Waals surface area contributed by atoms with Crippen molar-refractivity contribution in [3.8, 4) is 11.3 Å². The number of benzene rings is 2. The van der Waals surface area contributed by atoms with Crippen LogP contribution in [0.2, 0.25) is 0 Å². The third kappa shape index (κ3) is 2.05. The summed E-state index contributed by atoms with van der Waals surface area (Å²) in [4.78, 5) is 0. The molecule has 0 bridgehead atoms. The molecule has 0 spiro atoms. The van der Waals surface area contributed by atoms with Gasteiger partial charge in [-0.2, -0.15) is 0 Å². The van der Waals surface area contributed by atoms with E-state index in [2.05, 4.69) is 23.3 Å². The number of hydrogen-bond donors (Lipinski definition) is 0. The largest absolute Gasteiger partial charge is 0.277 e. The quantitative estimate of drug-likeness (QED) is 0.573. The second kappa shape index (κ2) is 4.85. The summed E-state index contributed by atoms with van der Waals surface area (Å²) in [5.41, 5.74) is 3.19. The molecule has 0 saturated heterocycles. The first kappa shape index (κ1) is 12.1. The zero-order valence-electron chi connectivity index (χ0n) is 9.33. The molecule has 3 rings (SSSR count). The Kier molecular flexibility index (Phi) is 3.44. The van der Waals surface area contributed by atoms with Crippen molar-refractivity contribution in [3.63, 3.8) is 0 Å². The Morgan fingerprint density at radius 1 is 1.06 bits per heavy atom. The minimum absolute atomic E-state index is 0. The number of aromatic nitrogens is 2. The maximum Gasteiger partial charge on any atom is 0.0583 e. The fraction of sp³-hybridized carbons (Fsp3) is 0.0714. The van der Waals surface area contributed by atoms with Gasteiger partial charge in [-0.05, 0) is 11.5 Å². The van der Waals surface area contributed by atoms with E-state index in [0.717, 1.165) is 16.8 Å².